The van der Waals surface area contributed by atoms with E-state index in [1.807, 2.05) is 17.5 Å². The Balaban J connectivity index is 2.15. The number of amides is 1. The number of hydrogen-bond donors (Lipinski definition) is 1. The molecule has 0 spiro atoms. The summed E-state index contributed by atoms with van der Waals surface area (Å²) in [5.74, 6) is -0.785. The third-order valence-corrected chi connectivity index (χ3v) is 3.97. The average molecular weight is 325 g/mol. The van der Waals surface area contributed by atoms with E-state index in [2.05, 4.69) is 15.0 Å². The molecule has 2 aromatic rings. The molecule has 0 saturated heterocycles. The number of aromatic nitrogens is 1. The Hall–Kier alpha value is -1.92. The highest BCUT2D eigenvalue weighted by molar-refractivity contribution is 7.10. The van der Waals surface area contributed by atoms with E-state index in [4.69, 9.17) is 11.6 Å². The van der Waals surface area contributed by atoms with Gasteiger partial charge in [0.25, 0.3) is 5.91 Å². The number of carbonyl (C=O) groups is 2. The van der Waals surface area contributed by atoms with Crippen LogP contribution in [0.1, 0.15) is 27.8 Å². The molecule has 0 fully saturated rings. The van der Waals surface area contributed by atoms with Crippen LogP contribution in [0.15, 0.2) is 35.8 Å². The third kappa shape index (κ3) is 4.27. The fourth-order valence-corrected chi connectivity index (χ4v) is 2.66. The van der Waals surface area contributed by atoms with Crippen molar-refractivity contribution >= 4 is 34.8 Å². The van der Waals surface area contributed by atoms with E-state index in [9.17, 15) is 9.59 Å². The third-order valence-electron chi connectivity index (χ3n) is 2.75. The van der Waals surface area contributed by atoms with Crippen LogP contribution in [0.4, 0.5) is 0 Å². The maximum absolute atomic E-state index is 12.2. The van der Waals surface area contributed by atoms with Gasteiger partial charge < -0.3 is 10.1 Å². The fraction of sp³-hybridized carbons (Fsp3) is 0.214. The van der Waals surface area contributed by atoms with E-state index >= 15 is 0 Å². The highest BCUT2D eigenvalue weighted by Crippen LogP contribution is 2.23. The summed E-state index contributed by atoms with van der Waals surface area (Å²) in [6, 6.07) is 6.31. The van der Waals surface area contributed by atoms with Gasteiger partial charge >= 0.3 is 5.97 Å². The lowest BCUT2D eigenvalue weighted by Crippen LogP contribution is -2.30. The SMILES string of the molecule is COC(=O)CC(NC(=O)c1cc(Cl)ccn1)c1cccs1. The van der Waals surface area contributed by atoms with Gasteiger partial charge in [0.15, 0.2) is 0 Å². The second-order valence-electron chi connectivity index (χ2n) is 4.18. The van der Waals surface area contributed by atoms with Crippen LogP contribution in [-0.2, 0) is 9.53 Å². The quantitative estimate of drug-likeness (QED) is 0.859. The molecule has 1 amide bonds. The number of halogens is 1. The molecule has 5 nitrogen and oxygen atoms in total. The van der Waals surface area contributed by atoms with Gasteiger partial charge in [0.05, 0.1) is 19.6 Å². The molecule has 2 rings (SSSR count). The molecule has 2 heterocycles. The maximum Gasteiger partial charge on any atom is 0.307 e. The van der Waals surface area contributed by atoms with Crippen LogP contribution in [-0.4, -0.2) is 24.0 Å². The summed E-state index contributed by atoms with van der Waals surface area (Å²) in [7, 11) is 1.31. The van der Waals surface area contributed by atoms with E-state index in [0.29, 0.717) is 5.02 Å². The van der Waals surface area contributed by atoms with Crippen molar-refractivity contribution in [3.8, 4) is 0 Å². The minimum absolute atomic E-state index is 0.0588. The monoisotopic (exact) mass is 324 g/mol. The molecule has 1 N–H and O–H groups in total. The van der Waals surface area contributed by atoms with E-state index in [0.717, 1.165) is 4.88 Å². The van der Waals surface area contributed by atoms with Crippen LogP contribution >= 0.6 is 22.9 Å². The Morgan fingerprint density at radius 3 is 2.90 bits per heavy atom. The van der Waals surface area contributed by atoms with Crippen LogP contribution in [0, 0.1) is 0 Å². The van der Waals surface area contributed by atoms with Gasteiger partial charge in [-0.3, -0.25) is 14.6 Å². The van der Waals surface area contributed by atoms with Gasteiger partial charge in [-0.15, -0.1) is 11.3 Å². The van der Waals surface area contributed by atoms with Crippen molar-refractivity contribution in [3.05, 3.63) is 51.4 Å². The topological polar surface area (TPSA) is 68.3 Å². The minimum atomic E-state index is -0.453. The molecule has 1 unspecified atom stereocenters. The van der Waals surface area contributed by atoms with Crippen molar-refractivity contribution in [1.29, 1.82) is 0 Å². The molecule has 0 radical (unpaired) electrons. The molecular formula is C14H13ClN2O3S. The molecular weight excluding hydrogens is 312 g/mol. The lowest BCUT2D eigenvalue weighted by atomic mass is 10.1. The number of carbonyl (C=O) groups excluding carboxylic acids is 2. The lowest BCUT2D eigenvalue weighted by molar-refractivity contribution is -0.141. The first kappa shape index (κ1) is 15.5. The zero-order valence-corrected chi connectivity index (χ0v) is 12.8. The number of methoxy groups -OCH3 is 1. The maximum atomic E-state index is 12.2. The van der Waals surface area contributed by atoms with Gasteiger partial charge in [0, 0.05) is 16.1 Å². The summed E-state index contributed by atoms with van der Waals surface area (Å²) < 4.78 is 4.66. The van der Waals surface area contributed by atoms with Gasteiger partial charge in [-0.25, -0.2) is 0 Å². The molecule has 7 heteroatoms. The number of nitrogens with one attached hydrogen (secondary N) is 1. The van der Waals surface area contributed by atoms with Gasteiger partial charge in [0.1, 0.15) is 5.69 Å². The van der Waals surface area contributed by atoms with Crippen LogP contribution in [0.2, 0.25) is 5.02 Å². The van der Waals surface area contributed by atoms with E-state index < -0.39 is 12.0 Å². The van der Waals surface area contributed by atoms with Gasteiger partial charge in [-0.2, -0.15) is 0 Å². The van der Waals surface area contributed by atoms with Gasteiger partial charge in [0.2, 0.25) is 0 Å². The number of esters is 1. The minimum Gasteiger partial charge on any atom is -0.469 e. The number of ether oxygens (including phenoxy) is 1. The molecule has 110 valence electrons. The van der Waals surface area contributed by atoms with Crippen molar-refractivity contribution in [2.45, 2.75) is 12.5 Å². The van der Waals surface area contributed by atoms with Crippen molar-refractivity contribution in [2.75, 3.05) is 7.11 Å². The highest BCUT2D eigenvalue weighted by atomic mass is 35.5. The molecule has 0 aliphatic carbocycles. The van der Waals surface area contributed by atoms with Crippen molar-refractivity contribution < 1.29 is 14.3 Å². The second kappa shape index (κ2) is 7.19. The Kier molecular flexibility index (Phi) is 5.30. The Labute approximate surface area is 130 Å². The smallest absolute Gasteiger partial charge is 0.307 e. The summed E-state index contributed by atoms with van der Waals surface area (Å²) in [5.41, 5.74) is 0.203. The normalized spacial score (nSPS) is 11.7. The molecule has 1 atom stereocenters. The summed E-state index contributed by atoms with van der Waals surface area (Å²) in [4.78, 5) is 28.5. The van der Waals surface area contributed by atoms with Crippen molar-refractivity contribution in [3.63, 3.8) is 0 Å². The molecule has 0 aromatic carbocycles. The van der Waals surface area contributed by atoms with Crippen LogP contribution in [0.25, 0.3) is 0 Å². The molecule has 0 bridgehead atoms. The fourth-order valence-electron chi connectivity index (χ4n) is 1.72. The predicted molar refractivity (Wildman–Crippen MR) is 80.4 cm³/mol. The first-order valence-electron chi connectivity index (χ1n) is 6.13. The first-order chi connectivity index (χ1) is 10.1. The number of hydrogen-bond acceptors (Lipinski definition) is 5. The van der Waals surface area contributed by atoms with Crippen LogP contribution < -0.4 is 5.32 Å². The molecule has 0 aliphatic heterocycles. The van der Waals surface area contributed by atoms with Crippen LogP contribution in [0.3, 0.4) is 0 Å². The second-order valence-corrected chi connectivity index (χ2v) is 5.60. The molecule has 0 saturated carbocycles. The Bertz CT molecular complexity index is 631. The van der Waals surface area contributed by atoms with E-state index in [1.165, 1.54) is 30.7 Å². The largest absolute Gasteiger partial charge is 0.469 e. The average Bonchev–Trinajstić information content (AvgIpc) is 3.00. The van der Waals surface area contributed by atoms with E-state index in [-0.39, 0.29) is 18.0 Å². The first-order valence-corrected chi connectivity index (χ1v) is 7.38. The number of pyridine rings is 1. The lowest BCUT2D eigenvalue weighted by Gasteiger charge is -2.16. The zero-order valence-electron chi connectivity index (χ0n) is 11.2. The van der Waals surface area contributed by atoms with Gasteiger partial charge in [-0.1, -0.05) is 17.7 Å². The molecule has 21 heavy (non-hydrogen) atoms. The number of nitrogens with zero attached hydrogens (tertiary/aromatic N) is 1. The number of rotatable bonds is 5. The summed E-state index contributed by atoms with van der Waals surface area (Å²) in [6.45, 7) is 0. The summed E-state index contributed by atoms with van der Waals surface area (Å²) in [5, 5.41) is 5.08. The summed E-state index contributed by atoms with van der Waals surface area (Å²) >= 11 is 7.29. The van der Waals surface area contributed by atoms with Gasteiger partial charge in [-0.05, 0) is 23.6 Å². The number of thiophene rings is 1. The van der Waals surface area contributed by atoms with E-state index in [1.54, 1.807) is 6.07 Å². The van der Waals surface area contributed by atoms with Crippen molar-refractivity contribution in [2.24, 2.45) is 0 Å². The summed E-state index contributed by atoms with van der Waals surface area (Å²) in [6.07, 6.45) is 1.51. The molecule has 0 aliphatic rings. The highest BCUT2D eigenvalue weighted by Gasteiger charge is 2.21. The standard InChI is InChI=1S/C14H13ClN2O3S/c1-20-13(18)8-10(12-3-2-6-21-12)17-14(19)11-7-9(15)4-5-16-11/h2-7,10H,8H2,1H3,(H,17,19). The zero-order chi connectivity index (χ0) is 15.2. The predicted octanol–water partition coefficient (Wildman–Crippen LogP) is 2.83. The van der Waals surface area contributed by atoms with Crippen molar-refractivity contribution in [1.82, 2.24) is 10.3 Å². The Morgan fingerprint density at radius 1 is 1.48 bits per heavy atom. The Morgan fingerprint density at radius 2 is 2.29 bits per heavy atom. The van der Waals surface area contributed by atoms with Crippen LogP contribution in [0.5, 0.6) is 0 Å². The molecule has 2 aromatic heterocycles.